The zero-order valence-electron chi connectivity index (χ0n) is 10.9. The molecule has 1 aromatic rings. The van der Waals surface area contributed by atoms with E-state index in [1.54, 1.807) is 7.11 Å². The van der Waals surface area contributed by atoms with E-state index >= 15 is 0 Å². The number of aryl methyl sites for hydroxylation is 1. The van der Waals surface area contributed by atoms with Crippen LogP contribution in [0.4, 0.5) is 0 Å². The van der Waals surface area contributed by atoms with Gasteiger partial charge in [-0.25, -0.2) is 0 Å². The van der Waals surface area contributed by atoms with Crippen LogP contribution in [0.3, 0.4) is 0 Å². The lowest BCUT2D eigenvalue weighted by Gasteiger charge is -2.33. The molecule has 0 radical (unpaired) electrons. The predicted molar refractivity (Wildman–Crippen MR) is 69.7 cm³/mol. The summed E-state index contributed by atoms with van der Waals surface area (Å²) in [6.45, 7) is 2.47. The first kappa shape index (κ1) is 13.3. The van der Waals surface area contributed by atoms with Crippen molar-refractivity contribution in [3.63, 3.8) is 0 Å². The van der Waals surface area contributed by atoms with Gasteiger partial charge in [0.05, 0.1) is 19.3 Å². The van der Waals surface area contributed by atoms with Crippen molar-refractivity contribution < 1.29 is 14.9 Å². The van der Waals surface area contributed by atoms with Gasteiger partial charge in [-0.2, -0.15) is 0 Å². The summed E-state index contributed by atoms with van der Waals surface area (Å²) in [5, 5.41) is 22.6. The standard InChI is InChI=1S/C14H21NO3/c1-9-3-4-14(18-2)12(5-9)13(17)8-15-10-6-11(16)7-10/h3-5,10-11,13,15-17H,6-8H2,1-2H3. The normalized spacial score (nSPS) is 24.4. The molecule has 0 bridgehead atoms. The van der Waals surface area contributed by atoms with Crippen LogP contribution in [0, 0.1) is 6.92 Å². The summed E-state index contributed by atoms with van der Waals surface area (Å²) in [6.07, 6.45) is 0.792. The molecule has 0 amide bonds. The van der Waals surface area contributed by atoms with E-state index in [1.165, 1.54) is 0 Å². The van der Waals surface area contributed by atoms with Crippen LogP contribution in [0.15, 0.2) is 18.2 Å². The van der Waals surface area contributed by atoms with Crippen molar-refractivity contribution in [1.82, 2.24) is 5.32 Å². The summed E-state index contributed by atoms with van der Waals surface area (Å²) in [5.41, 5.74) is 1.91. The van der Waals surface area contributed by atoms with Gasteiger partial charge in [-0.3, -0.25) is 0 Å². The Kier molecular flexibility index (Phi) is 4.22. The van der Waals surface area contributed by atoms with Crippen molar-refractivity contribution in [2.24, 2.45) is 0 Å². The fourth-order valence-corrected chi connectivity index (χ4v) is 2.26. The van der Waals surface area contributed by atoms with Gasteiger partial charge >= 0.3 is 0 Å². The summed E-state index contributed by atoms with van der Waals surface area (Å²) in [6, 6.07) is 6.11. The smallest absolute Gasteiger partial charge is 0.124 e. The number of hydrogen-bond donors (Lipinski definition) is 3. The van der Waals surface area contributed by atoms with E-state index in [-0.39, 0.29) is 6.10 Å². The maximum Gasteiger partial charge on any atom is 0.124 e. The molecule has 1 aromatic carbocycles. The average Bonchev–Trinajstić information content (AvgIpc) is 2.32. The first-order chi connectivity index (χ1) is 8.60. The lowest BCUT2D eigenvalue weighted by Crippen LogP contribution is -2.45. The predicted octanol–water partition coefficient (Wildman–Crippen LogP) is 1.15. The molecule has 1 aliphatic carbocycles. The van der Waals surface area contributed by atoms with Gasteiger partial charge in [0.1, 0.15) is 5.75 Å². The van der Waals surface area contributed by atoms with Crippen molar-refractivity contribution in [3.05, 3.63) is 29.3 Å². The molecular formula is C14H21NO3. The summed E-state index contributed by atoms with van der Waals surface area (Å²) in [5.74, 6) is 0.712. The maximum absolute atomic E-state index is 10.2. The van der Waals surface area contributed by atoms with E-state index in [0.29, 0.717) is 18.3 Å². The summed E-state index contributed by atoms with van der Waals surface area (Å²) >= 11 is 0. The van der Waals surface area contributed by atoms with Crippen LogP contribution in [0.25, 0.3) is 0 Å². The Morgan fingerprint density at radius 3 is 2.78 bits per heavy atom. The third kappa shape index (κ3) is 3.02. The van der Waals surface area contributed by atoms with E-state index in [2.05, 4.69) is 5.32 Å². The first-order valence-corrected chi connectivity index (χ1v) is 6.34. The van der Waals surface area contributed by atoms with Crippen LogP contribution >= 0.6 is 0 Å². The molecule has 1 atom stereocenters. The van der Waals surface area contributed by atoms with Crippen molar-refractivity contribution in [1.29, 1.82) is 0 Å². The van der Waals surface area contributed by atoms with Gasteiger partial charge in [0.25, 0.3) is 0 Å². The summed E-state index contributed by atoms with van der Waals surface area (Å²) < 4.78 is 5.26. The zero-order chi connectivity index (χ0) is 13.1. The van der Waals surface area contributed by atoms with Gasteiger partial charge in [-0.15, -0.1) is 0 Å². The number of methoxy groups -OCH3 is 1. The number of ether oxygens (including phenoxy) is 1. The minimum absolute atomic E-state index is 0.173. The zero-order valence-corrected chi connectivity index (χ0v) is 10.9. The van der Waals surface area contributed by atoms with Gasteiger partial charge in [0, 0.05) is 18.2 Å². The molecule has 1 saturated carbocycles. The number of aliphatic hydroxyl groups is 2. The second-order valence-electron chi connectivity index (χ2n) is 4.99. The summed E-state index contributed by atoms with van der Waals surface area (Å²) in [7, 11) is 1.61. The molecule has 1 unspecified atom stereocenters. The molecule has 1 fully saturated rings. The largest absolute Gasteiger partial charge is 0.496 e. The van der Waals surface area contributed by atoms with Gasteiger partial charge in [0.15, 0.2) is 0 Å². The summed E-state index contributed by atoms with van der Waals surface area (Å²) in [4.78, 5) is 0. The number of nitrogens with one attached hydrogen (secondary N) is 1. The van der Waals surface area contributed by atoms with Crippen LogP contribution in [-0.2, 0) is 0 Å². The lowest BCUT2D eigenvalue weighted by molar-refractivity contribution is 0.0549. The Hall–Kier alpha value is -1.10. The fourth-order valence-electron chi connectivity index (χ4n) is 2.26. The Morgan fingerprint density at radius 1 is 1.44 bits per heavy atom. The quantitative estimate of drug-likeness (QED) is 0.734. The van der Waals surface area contributed by atoms with Crippen LogP contribution in [0.5, 0.6) is 5.75 Å². The minimum Gasteiger partial charge on any atom is -0.496 e. The van der Waals surface area contributed by atoms with Crippen LogP contribution in [0.2, 0.25) is 0 Å². The molecule has 0 aliphatic heterocycles. The van der Waals surface area contributed by atoms with Gasteiger partial charge < -0.3 is 20.3 Å². The van der Waals surface area contributed by atoms with E-state index in [9.17, 15) is 10.2 Å². The number of hydrogen-bond acceptors (Lipinski definition) is 4. The average molecular weight is 251 g/mol. The highest BCUT2D eigenvalue weighted by Gasteiger charge is 2.27. The monoisotopic (exact) mass is 251 g/mol. The molecule has 2 rings (SSSR count). The minimum atomic E-state index is -0.586. The first-order valence-electron chi connectivity index (χ1n) is 6.34. The van der Waals surface area contributed by atoms with Gasteiger partial charge in [-0.05, 0) is 31.9 Å². The third-order valence-electron chi connectivity index (χ3n) is 3.46. The molecule has 0 aromatic heterocycles. The molecule has 0 spiro atoms. The molecule has 18 heavy (non-hydrogen) atoms. The van der Waals surface area contributed by atoms with Gasteiger partial charge in [0.2, 0.25) is 0 Å². The van der Waals surface area contributed by atoms with Gasteiger partial charge in [-0.1, -0.05) is 11.6 Å². The molecule has 0 heterocycles. The second kappa shape index (κ2) is 5.69. The fraction of sp³-hybridized carbons (Fsp3) is 0.571. The number of aliphatic hydroxyl groups excluding tert-OH is 2. The Bertz CT molecular complexity index is 402. The molecule has 100 valence electrons. The van der Waals surface area contributed by atoms with Crippen molar-refractivity contribution in [3.8, 4) is 5.75 Å². The Morgan fingerprint density at radius 2 is 2.17 bits per heavy atom. The van der Waals surface area contributed by atoms with Crippen LogP contribution < -0.4 is 10.1 Å². The topological polar surface area (TPSA) is 61.7 Å². The third-order valence-corrected chi connectivity index (χ3v) is 3.46. The van der Waals surface area contributed by atoms with E-state index in [1.807, 2.05) is 25.1 Å². The lowest BCUT2D eigenvalue weighted by atomic mass is 9.89. The second-order valence-corrected chi connectivity index (χ2v) is 4.99. The SMILES string of the molecule is COc1ccc(C)cc1C(O)CNC1CC(O)C1. The highest BCUT2D eigenvalue weighted by Crippen LogP contribution is 2.27. The Labute approximate surface area is 108 Å². The number of benzene rings is 1. The van der Waals surface area contributed by atoms with Crippen LogP contribution in [-0.4, -0.2) is 36.0 Å². The van der Waals surface area contributed by atoms with Crippen molar-refractivity contribution >= 4 is 0 Å². The van der Waals surface area contributed by atoms with Crippen molar-refractivity contribution in [2.75, 3.05) is 13.7 Å². The molecule has 4 nitrogen and oxygen atoms in total. The highest BCUT2D eigenvalue weighted by molar-refractivity contribution is 5.38. The van der Waals surface area contributed by atoms with E-state index in [0.717, 1.165) is 24.0 Å². The molecule has 1 aliphatic rings. The molecule has 3 N–H and O–H groups in total. The maximum atomic E-state index is 10.2. The highest BCUT2D eigenvalue weighted by atomic mass is 16.5. The molecular weight excluding hydrogens is 230 g/mol. The molecule has 4 heteroatoms. The van der Waals surface area contributed by atoms with E-state index in [4.69, 9.17) is 4.74 Å². The Balaban J connectivity index is 1.95. The molecule has 0 saturated heterocycles. The van der Waals surface area contributed by atoms with Crippen molar-refractivity contribution in [2.45, 2.75) is 38.0 Å². The number of rotatable bonds is 5. The van der Waals surface area contributed by atoms with E-state index < -0.39 is 6.10 Å². The van der Waals surface area contributed by atoms with Crippen LogP contribution in [0.1, 0.15) is 30.1 Å².